The molecule has 1 aliphatic rings. The largest absolute Gasteiger partial charge is 0.508 e. The molecule has 1 aromatic carbocycles. The van der Waals surface area contributed by atoms with E-state index in [0.29, 0.717) is 18.5 Å². The maximum absolute atomic E-state index is 13.2. The molecule has 4 atom stereocenters. The number of rotatable bonds is 13. The predicted octanol–water partition coefficient (Wildman–Crippen LogP) is -0.253. The lowest BCUT2D eigenvalue weighted by atomic mass is 10.0. The summed E-state index contributed by atoms with van der Waals surface area (Å²) in [6, 6.07) is 1.53. The van der Waals surface area contributed by atoms with Crippen LogP contribution >= 0.6 is 0 Å². The molecule has 0 saturated carbocycles. The zero-order valence-electron chi connectivity index (χ0n) is 20.3. The molecule has 36 heavy (non-hydrogen) atoms. The van der Waals surface area contributed by atoms with Gasteiger partial charge in [-0.15, -0.1) is 0 Å². The van der Waals surface area contributed by atoms with E-state index in [2.05, 4.69) is 21.3 Å². The van der Waals surface area contributed by atoms with Crippen LogP contribution in [0.25, 0.3) is 0 Å². The standard InChI is InChI=1S/C24H34N4O8/c1-13(2)10-19(24(35)36)28-23(34)18(12-20(30)31)27-22(33)17(11-14-5-7-15(29)8-6-14)26-21(32)16-4-3-9-25-16/h5-8,13,16-19,25,29H,3-4,9-12H2,1-2H3,(H,26,32)(H,27,33)(H,28,34)(H,30,31)(H,35,36). The molecule has 3 amide bonds. The maximum atomic E-state index is 13.2. The number of nitrogens with one attached hydrogen (secondary N) is 4. The fourth-order valence-corrected chi connectivity index (χ4v) is 3.88. The van der Waals surface area contributed by atoms with E-state index in [0.717, 1.165) is 6.42 Å². The monoisotopic (exact) mass is 506 g/mol. The molecule has 4 unspecified atom stereocenters. The van der Waals surface area contributed by atoms with E-state index in [9.17, 15) is 39.3 Å². The molecule has 0 aromatic heterocycles. The van der Waals surface area contributed by atoms with Crippen molar-refractivity contribution in [2.45, 2.75) is 70.1 Å². The van der Waals surface area contributed by atoms with Crippen molar-refractivity contribution in [2.24, 2.45) is 5.92 Å². The Kier molecular flexibility index (Phi) is 10.7. The summed E-state index contributed by atoms with van der Waals surface area (Å²) in [5.41, 5.74) is 0.606. The van der Waals surface area contributed by atoms with Crippen molar-refractivity contribution in [1.82, 2.24) is 21.3 Å². The quantitative estimate of drug-likeness (QED) is 0.189. The highest BCUT2D eigenvalue weighted by molar-refractivity contribution is 5.95. The van der Waals surface area contributed by atoms with Gasteiger partial charge in [-0.3, -0.25) is 19.2 Å². The minimum atomic E-state index is -1.56. The van der Waals surface area contributed by atoms with Crippen LogP contribution in [-0.4, -0.2) is 75.7 Å². The van der Waals surface area contributed by atoms with Crippen LogP contribution in [0, 0.1) is 5.92 Å². The number of aromatic hydroxyl groups is 1. The summed E-state index contributed by atoms with van der Waals surface area (Å²) in [6.07, 6.45) is 0.736. The zero-order valence-corrected chi connectivity index (χ0v) is 20.3. The topological polar surface area (TPSA) is 194 Å². The molecule has 7 N–H and O–H groups in total. The Morgan fingerprint density at radius 1 is 0.944 bits per heavy atom. The molecule has 0 spiro atoms. The van der Waals surface area contributed by atoms with Gasteiger partial charge in [0.15, 0.2) is 0 Å². The first-order chi connectivity index (χ1) is 17.0. The molecule has 1 aliphatic heterocycles. The van der Waals surface area contributed by atoms with Crippen molar-refractivity contribution < 1.29 is 39.3 Å². The van der Waals surface area contributed by atoms with Gasteiger partial charge in [-0.1, -0.05) is 26.0 Å². The molecule has 12 heteroatoms. The van der Waals surface area contributed by atoms with Crippen LogP contribution in [0.3, 0.4) is 0 Å². The Bertz CT molecular complexity index is 944. The number of aliphatic carboxylic acids is 2. The summed E-state index contributed by atoms with van der Waals surface area (Å²) < 4.78 is 0. The van der Waals surface area contributed by atoms with Crippen LogP contribution in [0.4, 0.5) is 0 Å². The highest BCUT2D eigenvalue weighted by atomic mass is 16.4. The number of phenolic OH excluding ortho intramolecular Hbond substituents is 1. The number of benzene rings is 1. The molecular formula is C24H34N4O8. The van der Waals surface area contributed by atoms with E-state index >= 15 is 0 Å². The van der Waals surface area contributed by atoms with E-state index in [1.54, 1.807) is 26.0 Å². The van der Waals surface area contributed by atoms with Crippen LogP contribution in [-0.2, 0) is 30.4 Å². The molecule has 1 aromatic rings. The van der Waals surface area contributed by atoms with E-state index in [4.69, 9.17) is 0 Å². The average molecular weight is 507 g/mol. The van der Waals surface area contributed by atoms with Crippen LogP contribution in [0.5, 0.6) is 5.75 Å². The van der Waals surface area contributed by atoms with Gasteiger partial charge in [0.1, 0.15) is 23.9 Å². The van der Waals surface area contributed by atoms with E-state index in [1.165, 1.54) is 12.1 Å². The third-order valence-corrected chi connectivity index (χ3v) is 5.72. The SMILES string of the molecule is CC(C)CC(NC(=O)C(CC(=O)O)NC(=O)C(Cc1ccc(O)cc1)NC(=O)C1CCCN1)C(=O)O. The van der Waals surface area contributed by atoms with Gasteiger partial charge in [0.2, 0.25) is 17.7 Å². The lowest BCUT2D eigenvalue weighted by molar-refractivity contribution is -0.144. The van der Waals surface area contributed by atoms with Crippen LogP contribution in [0.1, 0.15) is 45.1 Å². The van der Waals surface area contributed by atoms with Gasteiger partial charge in [0, 0.05) is 6.42 Å². The smallest absolute Gasteiger partial charge is 0.326 e. The van der Waals surface area contributed by atoms with Crippen molar-refractivity contribution in [1.29, 1.82) is 0 Å². The summed E-state index contributed by atoms with van der Waals surface area (Å²) in [5, 5.41) is 38.5. The summed E-state index contributed by atoms with van der Waals surface area (Å²) in [7, 11) is 0. The van der Waals surface area contributed by atoms with Crippen molar-refractivity contribution in [3.63, 3.8) is 0 Å². The molecular weight excluding hydrogens is 472 g/mol. The van der Waals surface area contributed by atoms with Crippen molar-refractivity contribution in [3.05, 3.63) is 29.8 Å². The highest BCUT2D eigenvalue weighted by Gasteiger charge is 2.32. The molecule has 1 fully saturated rings. The summed E-state index contributed by atoms with van der Waals surface area (Å²) in [6.45, 7) is 4.21. The minimum Gasteiger partial charge on any atom is -0.508 e. The zero-order chi connectivity index (χ0) is 26.8. The van der Waals surface area contributed by atoms with Gasteiger partial charge in [-0.2, -0.15) is 0 Å². The van der Waals surface area contributed by atoms with Gasteiger partial charge in [0.25, 0.3) is 0 Å². The summed E-state index contributed by atoms with van der Waals surface area (Å²) in [4.78, 5) is 61.6. The predicted molar refractivity (Wildman–Crippen MR) is 128 cm³/mol. The van der Waals surface area contributed by atoms with Crippen LogP contribution < -0.4 is 21.3 Å². The Labute approximate surface area is 208 Å². The minimum absolute atomic E-state index is 0.0110. The van der Waals surface area contributed by atoms with Crippen molar-refractivity contribution >= 4 is 29.7 Å². The lowest BCUT2D eigenvalue weighted by Gasteiger charge is -2.25. The number of hydrogen-bond donors (Lipinski definition) is 7. The number of carboxylic acids is 2. The molecule has 198 valence electrons. The molecule has 0 aliphatic carbocycles. The molecule has 1 heterocycles. The second kappa shape index (κ2) is 13.4. The fraction of sp³-hybridized carbons (Fsp3) is 0.542. The first-order valence-corrected chi connectivity index (χ1v) is 11.8. The van der Waals surface area contributed by atoms with Gasteiger partial charge < -0.3 is 36.6 Å². The first kappa shape index (κ1) is 28.6. The molecule has 12 nitrogen and oxygen atoms in total. The number of carbonyl (C=O) groups is 5. The Morgan fingerprint density at radius 3 is 2.08 bits per heavy atom. The van der Waals surface area contributed by atoms with Gasteiger partial charge in [0.05, 0.1) is 12.5 Å². The average Bonchev–Trinajstić information content (AvgIpc) is 3.33. The Balaban J connectivity index is 2.20. The second-order valence-corrected chi connectivity index (χ2v) is 9.27. The van der Waals surface area contributed by atoms with E-state index < -0.39 is 60.2 Å². The number of carbonyl (C=O) groups excluding carboxylic acids is 3. The van der Waals surface area contributed by atoms with Crippen molar-refractivity contribution in [2.75, 3.05) is 6.54 Å². The van der Waals surface area contributed by atoms with Crippen molar-refractivity contribution in [3.8, 4) is 5.75 Å². The lowest BCUT2D eigenvalue weighted by Crippen LogP contribution is -2.58. The Hall–Kier alpha value is -3.67. The number of amides is 3. The maximum Gasteiger partial charge on any atom is 0.326 e. The molecule has 1 saturated heterocycles. The molecule has 0 bridgehead atoms. The summed E-state index contributed by atoms with van der Waals surface area (Å²) >= 11 is 0. The van der Waals surface area contributed by atoms with Crippen LogP contribution in [0.2, 0.25) is 0 Å². The Morgan fingerprint density at radius 2 is 1.56 bits per heavy atom. The van der Waals surface area contributed by atoms with Gasteiger partial charge >= 0.3 is 11.9 Å². The summed E-state index contributed by atoms with van der Waals surface area (Å²) in [5.74, 6) is -4.86. The molecule has 0 radical (unpaired) electrons. The fourth-order valence-electron chi connectivity index (χ4n) is 3.88. The molecule has 2 rings (SSSR count). The number of carboxylic acid groups (broad SMARTS) is 2. The highest BCUT2D eigenvalue weighted by Crippen LogP contribution is 2.13. The third-order valence-electron chi connectivity index (χ3n) is 5.72. The first-order valence-electron chi connectivity index (χ1n) is 11.8. The number of hydrogen-bond acceptors (Lipinski definition) is 7. The van der Waals surface area contributed by atoms with Crippen LogP contribution in [0.15, 0.2) is 24.3 Å². The second-order valence-electron chi connectivity index (χ2n) is 9.27. The number of phenols is 1. The van der Waals surface area contributed by atoms with E-state index in [1.807, 2.05) is 0 Å². The normalized spacial score (nSPS) is 17.6. The van der Waals surface area contributed by atoms with E-state index in [-0.39, 0.29) is 24.5 Å². The van der Waals surface area contributed by atoms with Gasteiger partial charge in [-0.05, 0) is 49.4 Å². The van der Waals surface area contributed by atoms with Gasteiger partial charge in [-0.25, -0.2) is 4.79 Å². The third kappa shape index (κ3) is 9.17.